The van der Waals surface area contributed by atoms with E-state index in [1.165, 1.54) is 4.68 Å². The molecule has 2 heterocycles. The molecule has 8 nitrogen and oxygen atoms in total. The third-order valence-electron chi connectivity index (χ3n) is 5.31. The van der Waals surface area contributed by atoms with E-state index in [1.54, 1.807) is 12.1 Å². The smallest absolute Gasteiger partial charge is 0.277 e. The fourth-order valence-corrected chi connectivity index (χ4v) is 4.14. The van der Waals surface area contributed by atoms with Crippen molar-refractivity contribution >= 4 is 34.1 Å². The van der Waals surface area contributed by atoms with Crippen LogP contribution in [0.3, 0.4) is 0 Å². The van der Waals surface area contributed by atoms with Gasteiger partial charge in [0.2, 0.25) is 5.91 Å². The summed E-state index contributed by atoms with van der Waals surface area (Å²) in [4.78, 5) is 25.4. The van der Waals surface area contributed by atoms with E-state index < -0.39 is 0 Å². The number of nitrogens with zero attached hydrogens (tertiary/aromatic N) is 4. The first-order valence-corrected chi connectivity index (χ1v) is 11.9. The second kappa shape index (κ2) is 9.94. The fraction of sp³-hybridized carbons (Fsp3) is 0.115. The Morgan fingerprint density at radius 2 is 1.66 bits per heavy atom. The third kappa shape index (κ3) is 5.15. The van der Waals surface area contributed by atoms with E-state index in [0.29, 0.717) is 23.0 Å². The van der Waals surface area contributed by atoms with Gasteiger partial charge in [-0.25, -0.2) is 4.68 Å². The molecule has 3 aromatic carbocycles. The highest BCUT2D eigenvalue weighted by Crippen LogP contribution is 2.26. The van der Waals surface area contributed by atoms with Gasteiger partial charge in [0, 0.05) is 11.1 Å². The van der Waals surface area contributed by atoms with Gasteiger partial charge < -0.3 is 9.73 Å². The molecule has 0 atom stereocenters. The number of hydrogen-bond donors (Lipinski definition) is 1. The van der Waals surface area contributed by atoms with Crippen molar-refractivity contribution in [2.75, 3.05) is 11.1 Å². The van der Waals surface area contributed by atoms with Crippen molar-refractivity contribution in [2.45, 2.75) is 18.7 Å². The van der Waals surface area contributed by atoms with Crippen LogP contribution in [0.25, 0.3) is 22.4 Å². The topological polar surface area (TPSA) is 103 Å². The molecule has 0 saturated heterocycles. The minimum Gasteiger partial charge on any atom is -0.409 e. The molecular formula is C26H21N5O3S. The standard InChI is InChI=1S/C26H21N5O3S/c1-17-11-13-19(14-12-17)27-22(32)16-35-26-29-28-24(34-26)23-20-9-5-6-10-21(20)25(33)31(30-23)15-18-7-3-2-4-8-18/h2-14H,15-16H2,1H3,(H,27,32). The minimum absolute atomic E-state index is 0.108. The van der Waals surface area contributed by atoms with E-state index in [9.17, 15) is 9.59 Å². The first kappa shape index (κ1) is 22.5. The zero-order chi connectivity index (χ0) is 24.2. The Morgan fingerprint density at radius 1 is 0.943 bits per heavy atom. The molecule has 0 aliphatic rings. The molecule has 174 valence electrons. The van der Waals surface area contributed by atoms with Crippen molar-refractivity contribution in [3.63, 3.8) is 0 Å². The Kier molecular flexibility index (Phi) is 6.40. The Hall–Kier alpha value is -4.24. The molecule has 1 N–H and O–H groups in total. The normalized spacial score (nSPS) is 11.0. The Morgan fingerprint density at radius 3 is 2.43 bits per heavy atom. The number of amides is 1. The van der Waals surface area contributed by atoms with E-state index in [1.807, 2.05) is 73.7 Å². The van der Waals surface area contributed by atoms with Crippen molar-refractivity contribution < 1.29 is 9.21 Å². The lowest BCUT2D eigenvalue weighted by Gasteiger charge is -2.09. The summed E-state index contributed by atoms with van der Waals surface area (Å²) in [6.07, 6.45) is 0. The van der Waals surface area contributed by atoms with E-state index in [-0.39, 0.29) is 28.3 Å². The highest BCUT2D eigenvalue weighted by molar-refractivity contribution is 7.99. The van der Waals surface area contributed by atoms with Crippen molar-refractivity contribution in [1.82, 2.24) is 20.0 Å². The molecule has 2 aromatic heterocycles. The van der Waals surface area contributed by atoms with Crippen molar-refractivity contribution in [3.8, 4) is 11.6 Å². The number of nitrogens with one attached hydrogen (secondary N) is 1. The summed E-state index contributed by atoms with van der Waals surface area (Å²) in [7, 11) is 0. The zero-order valence-corrected chi connectivity index (χ0v) is 19.7. The van der Waals surface area contributed by atoms with Crippen molar-refractivity contribution in [2.24, 2.45) is 0 Å². The number of rotatable bonds is 7. The molecule has 0 fully saturated rings. The van der Waals surface area contributed by atoms with Gasteiger partial charge in [-0.2, -0.15) is 5.10 Å². The quantitative estimate of drug-likeness (QED) is 0.339. The monoisotopic (exact) mass is 483 g/mol. The molecule has 0 saturated carbocycles. The summed E-state index contributed by atoms with van der Waals surface area (Å²) in [6, 6.07) is 24.4. The van der Waals surface area contributed by atoms with Gasteiger partial charge in [-0.05, 0) is 30.7 Å². The fourth-order valence-electron chi connectivity index (χ4n) is 3.58. The van der Waals surface area contributed by atoms with Crippen LogP contribution in [-0.2, 0) is 11.3 Å². The predicted octanol–water partition coefficient (Wildman–Crippen LogP) is 4.53. The summed E-state index contributed by atoms with van der Waals surface area (Å²) in [6.45, 7) is 2.30. The number of aryl methyl sites for hydroxylation is 1. The molecule has 0 unspecified atom stereocenters. The van der Waals surface area contributed by atoms with Crippen LogP contribution in [0.4, 0.5) is 5.69 Å². The highest BCUT2D eigenvalue weighted by atomic mass is 32.2. The van der Waals surface area contributed by atoms with Crippen LogP contribution in [0.15, 0.2) is 93.3 Å². The maximum absolute atomic E-state index is 13.1. The number of anilines is 1. The minimum atomic E-state index is -0.199. The number of thioether (sulfide) groups is 1. The van der Waals surface area contributed by atoms with Gasteiger partial charge in [-0.3, -0.25) is 9.59 Å². The van der Waals surface area contributed by atoms with E-state index in [0.717, 1.165) is 28.6 Å². The molecule has 5 rings (SSSR count). The number of benzene rings is 3. The SMILES string of the molecule is Cc1ccc(NC(=O)CSc2nnc(-c3nn(Cc4ccccc4)c(=O)c4ccccc34)o2)cc1. The highest BCUT2D eigenvalue weighted by Gasteiger charge is 2.18. The third-order valence-corrected chi connectivity index (χ3v) is 6.13. The Balaban J connectivity index is 1.38. The van der Waals surface area contributed by atoms with Gasteiger partial charge in [-0.1, -0.05) is 78.0 Å². The lowest BCUT2D eigenvalue weighted by Crippen LogP contribution is -2.24. The maximum atomic E-state index is 13.1. The first-order valence-electron chi connectivity index (χ1n) is 10.9. The number of carbonyl (C=O) groups excluding carboxylic acids is 1. The maximum Gasteiger partial charge on any atom is 0.277 e. The lowest BCUT2D eigenvalue weighted by atomic mass is 10.1. The van der Waals surface area contributed by atoms with Crippen LogP contribution in [0, 0.1) is 6.92 Å². The molecule has 0 aliphatic heterocycles. The Bertz CT molecular complexity index is 1550. The Labute approximate surface area is 205 Å². The molecule has 5 aromatic rings. The van der Waals surface area contributed by atoms with E-state index >= 15 is 0 Å². The average Bonchev–Trinajstić information content (AvgIpc) is 3.35. The molecule has 0 radical (unpaired) electrons. The van der Waals surface area contributed by atoms with E-state index in [2.05, 4.69) is 20.6 Å². The molecule has 1 amide bonds. The van der Waals surface area contributed by atoms with E-state index in [4.69, 9.17) is 4.42 Å². The van der Waals surface area contributed by atoms with Gasteiger partial charge in [0.1, 0.15) is 0 Å². The van der Waals surface area contributed by atoms with Gasteiger partial charge in [0.15, 0.2) is 5.69 Å². The molecule has 0 bridgehead atoms. The van der Waals surface area contributed by atoms with Crippen LogP contribution >= 0.6 is 11.8 Å². The first-order chi connectivity index (χ1) is 17.1. The number of carbonyl (C=O) groups is 1. The number of fused-ring (bicyclic) bond motifs is 1. The molecule has 0 aliphatic carbocycles. The summed E-state index contributed by atoms with van der Waals surface area (Å²) in [5.74, 6) is 0.111. The molecule has 35 heavy (non-hydrogen) atoms. The summed E-state index contributed by atoms with van der Waals surface area (Å²) >= 11 is 1.13. The van der Waals surface area contributed by atoms with Gasteiger partial charge in [-0.15, -0.1) is 10.2 Å². The van der Waals surface area contributed by atoms with Crippen LogP contribution in [0.1, 0.15) is 11.1 Å². The second-order valence-corrected chi connectivity index (χ2v) is 8.85. The molecule has 9 heteroatoms. The van der Waals surface area contributed by atoms with Crippen molar-refractivity contribution in [1.29, 1.82) is 0 Å². The summed E-state index contributed by atoms with van der Waals surface area (Å²) in [5.41, 5.74) is 3.01. The van der Waals surface area contributed by atoms with Crippen LogP contribution < -0.4 is 10.9 Å². The molecule has 0 spiro atoms. The van der Waals surface area contributed by atoms with Crippen LogP contribution in [0.2, 0.25) is 0 Å². The predicted molar refractivity (Wildman–Crippen MR) is 135 cm³/mol. The van der Waals surface area contributed by atoms with Crippen LogP contribution in [0.5, 0.6) is 0 Å². The molecular weight excluding hydrogens is 462 g/mol. The zero-order valence-electron chi connectivity index (χ0n) is 18.8. The second-order valence-electron chi connectivity index (χ2n) is 7.92. The summed E-state index contributed by atoms with van der Waals surface area (Å²) in [5, 5.41) is 17.0. The average molecular weight is 484 g/mol. The van der Waals surface area contributed by atoms with Gasteiger partial charge in [0.25, 0.3) is 16.7 Å². The van der Waals surface area contributed by atoms with Crippen molar-refractivity contribution in [3.05, 3.63) is 100 Å². The van der Waals surface area contributed by atoms with Crippen LogP contribution in [-0.4, -0.2) is 31.6 Å². The van der Waals surface area contributed by atoms with Gasteiger partial charge >= 0.3 is 0 Å². The lowest BCUT2D eigenvalue weighted by molar-refractivity contribution is -0.113. The number of hydrogen-bond acceptors (Lipinski definition) is 7. The largest absolute Gasteiger partial charge is 0.409 e. The summed E-state index contributed by atoms with van der Waals surface area (Å²) < 4.78 is 7.22. The number of aromatic nitrogens is 4. The van der Waals surface area contributed by atoms with Gasteiger partial charge in [0.05, 0.1) is 17.7 Å².